The highest BCUT2D eigenvalue weighted by atomic mass is 79.9. The summed E-state index contributed by atoms with van der Waals surface area (Å²) in [6.07, 6.45) is 2.64. The summed E-state index contributed by atoms with van der Waals surface area (Å²) in [6.45, 7) is 8.73. The fourth-order valence-corrected chi connectivity index (χ4v) is 2.64. The zero-order valence-electron chi connectivity index (χ0n) is 11.4. The summed E-state index contributed by atoms with van der Waals surface area (Å²) >= 11 is 3.62. The van der Waals surface area contributed by atoms with Gasteiger partial charge in [0.2, 0.25) is 0 Å². The molecule has 0 radical (unpaired) electrons. The Morgan fingerprint density at radius 2 is 2.11 bits per heavy atom. The lowest BCUT2D eigenvalue weighted by molar-refractivity contribution is 0.166. The van der Waals surface area contributed by atoms with E-state index in [-0.39, 0.29) is 5.41 Å². The van der Waals surface area contributed by atoms with Crippen LogP contribution in [0.2, 0.25) is 0 Å². The van der Waals surface area contributed by atoms with Gasteiger partial charge in [-0.25, -0.2) is 0 Å². The quantitative estimate of drug-likeness (QED) is 0.895. The molecule has 0 amide bonds. The molecule has 100 valence electrons. The van der Waals surface area contributed by atoms with E-state index < -0.39 is 0 Å². The molecule has 1 aromatic rings. The predicted molar refractivity (Wildman–Crippen MR) is 79.4 cm³/mol. The topological polar surface area (TPSA) is 21.3 Å². The largest absolute Gasteiger partial charge is 0.488 e. The van der Waals surface area contributed by atoms with Gasteiger partial charge in [0.25, 0.3) is 0 Å². The number of piperidine rings is 1. The Labute approximate surface area is 118 Å². The average molecular weight is 312 g/mol. The second-order valence-electron chi connectivity index (χ2n) is 5.98. The summed E-state index contributed by atoms with van der Waals surface area (Å²) in [5.41, 5.74) is 1.50. The van der Waals surface area contributed by atoms with Gasteiger partial charge in [-0.2, -0.15) is 0 Å². The van der Waals surface area contributed by atoms with Crippen LogP contribution in [0.15, 0.2) is 22.7 Å². The maximum atomic E-state index is 6.04. The minimum atomic E-state index is 0.174. The number of rotatable bonds is 2. The normalized spacial score (nSPS) is 20.8. The van der Waals surface area contributed by atoms with Crippen LogP contribution in [-0.4, -0.2) is 19.2 Å². The molecule has 1 aliphatic rings. The van der Waals surface area contributed by atoms with Crippen molar-refractivity contribution in [2.75, 3.05) is 13.1 Å². The van der Waals surface area contributed by atoms with E-state index in [1.807, 2.05) is 0 Å². The fourth-order valence-electron chi connectivity index (χ4n) is 2.16. The van der Waals surface area contributed by atoms with Crippen molar-refractivity contribution in [3.8, 4) is 5.75 Å². The molecule has 0 aromatic heterocycles. The Kier molecular flexibility index (Phi) is 4.33. The Balaban J connectivity index is 2.09. The standard InChI is InChI=1S/C15H22BrNO/c1-15(2,3)11-6-7-14(13(16)9-11)18-12-5-4-8-17-10-12/h6-7,9,12,17H,4-5,8,10H2,1-3H3/t12-/m0/s1. The van der Waals surface area contributed by atoms with E-state index in [9.17, 15) is 0 Å². The minimum absolute atomic E-state index is 0.174. The van der Waals surface area contributed by atoms with Crippen molar-refractivity contribution in [3.05, 3.63) is 28.2 Å². The minimum Gasteiger partial charge on any atom is -0.488 e. The maximum absolute atomic E-state index is 6.04. The van der Waals surface area contributed by atoms with E-state index in [1.165, 1.54) is 12.0 Å². The van der Waals surface area contributed by atoms with Gasteiger partial charge >= 0.3 is 0 Å². The van der Waals surface area contributed by atoms with Crippen LogP contribution < -0.4 is 10.1 Å². The third-order valence-electron chi connectivity index (χ3n) is 3.34. The van der Waals surface area contributed by atoms with E-state index in [0.717, 1.165) is 29.7 Å². The third kappa shape index (κ3) is 3.48. The number of ether oxygens (including phenoxy) is 1. The van der Waals surface area contributed by atoms with Crippen molar-refractivity contribution >= 4 is 15.9 Å². The predicted octanol–water partition coefficient (Wildman–Crippen LogP) is 3.88. The third-order valence-corrected chi connectivity index (χ3v) is 3.96. The van der Waals surface area contributed by atoms with Gasteiger partial charge in [-0.05, 0) is 58.4 Å². The van der Waals surface area contributed by atoms with Crippen LogP contribution in [0.1, 0.15) is 39.2 Å². The van der Waals surface area contributed by atoms with Crippen molar-refractivity contribution in [3.63, 3.8) is 0 Å². The van der Waals surface area contributed by atoms with Crippen molar-refractivity contribution in [1.82, 2.24) is 5.32 Å². The lowest BCUT2D eigenvalue weighted by Gasteiger charge is -2.25. The summed E-state index contributed by atoms with van der Waals surface area (Å²) in [5.74, 6) is 0.955. The van der Waals surface area contributed by atoms with Gasteiger partial charge in [-0.3, -0.25) is 0 Å². The Hall–Kier alpha value is -0.540. The van der Waals surface area contributed by atoms with Crippen molar-refractivity contribution < 1.29 is 4.74 Å². The van der Waals surface area contributed by atoms with E-state index in [1.54, 1.807) is 0 Å². The van der Waals surface area contributed by atoms with Gasteiger partial charge in [0, 0.05) is 6.54 Å². The Morgan fingerprint density at radius 1 is 1.33 bits per heavy atom. The van der Waals surface area contributed by atoms with Crippen LogP contribution in [-0.2, 0) is 5.41 Å². The zero-order chi connectivity index (χ0) is 13.2. The number of nitrogens with one attached hydrogen (secondary N) is 1. The summed E-state index contributed by atoms with van der Waals surface area (Å²) in [5, 5.41) is 3.37. The van der Waals surface area contributed by atoms with Crippen LogP contribution in [0.5, 0.6) is 5.75 Å². The van der Waals surface area contributed by atoms with Gasteiger partial charge in [-0.1, -0.05) is 26.8 Å². The molecular weight excluding hydrogens is 290 g/mol. The lowest BCUT2D eigenvalue weighted by Crippen LogP contribution is -2.37. The monoisotopic (exact) mass is 311 g/mol. The summed E-state index contributed by atoms with van der Waals surface area (Å²) in [7, 11) is 0. The molecule has 1 saturated heterocycles. The lowest BCUT2D eigenvalue weighted by atomic mass is 9.87. The maximum Gasteiger partial charge on any atom is 0.133 e. The summed E-state index contributed by atoms with van der Waals surface area (Å²) < 4.78 is 7.10. The Morgan fingerprint density at radius 3 is 2.67 bits per heavy atom. The Bertz CT molecular complexity index is 405. The fraction of sp³-hybridized carbons (Fsp3) is 0.600. The molecule has 18 heavy (non-hydrogen) atoms. The van der Waals surface area contributed by atoms with Crippen molar-refractivity contribution in [2.45, 2.75) is 45.1 Å². The number of halogens is 1. The smallest absolute Gasteiger partial charge is 0.133 e. The first-order valence-electron chi connectivity index (χ1n) is 6.64. The van der Waals surface area contributed by atoms with Gasteiger partial charge in [0.05, 0.1) is 4.47 Å². The average Bonchev–Trinajstić information content (AvgIpc) is 2.32. The number of benzene rings is 1. The molecule has 2 nitrogen and oxygen atoms in total. The van der Waals surface area contributed by atoms with Crippen LogP contribution in [0.3, 0.4) is 0 Å². The molecule has 1 atom stereocenters. The number of hydrogen-bond donors (Lipinski definition) is 1. The van der Waals surface area contributed by atoms with E-state index in [4.69, 9.17) is 4.74 Å². The molecule has 3 heteroatoms. The molecule has 1 aliphatic heterocycles. The second kappa shape index (κ2) is 5.62. The molecule has 0 bridgehead atoms. The molecule has 1 heterocycles. The summed E-state index contributed by atoms with van der Waals surface area (Å²) in [4.78, 5) is 0. The molecule has 0 aliphatic carbocycles. The highest BCUT2D eigenvalue weighted by molar-refractivity contribution is 9.10. The van der Waals surface area contributed by atoms with Gasteiger partial charge in [0.1, 0.15) is 11.9 Å². The molecule has 0 saturated carbocycles. The second-order valence-corrected chi connectivity index (χ2v) is 6.84. The molecule has 0 unspecified atom stereocenters. The molecule has 1 N–H and O–H groups in total. The summed E-state index contributed by atoms with van der Waals surface area (Å²) in [6, 6.07) is 6.42. The van der Waals surface area contributed by atoms with Crippen LogP contribution in [0.25, 0.3) is 0 Å². The van der Waals surface area contributed by atoms with Crippen molar-refractivity contribution in [1.29, 1.82) is 0 Å². The molecule has 1 aromatic carbocycles. The van der Waals surface area contributed by atoms with E-state index >= 15 is 0 Å². The van der Waals surface area contributed by atoms with Gasteiger partial charge < -0.3 is 10.1 Å². The van der Waals surface area contributed by atoms with Crippen LogP contribution >= 0.6 is 15.9 Å². The zero-order valence-corrected chi connectivity index (χ0v) is 13.0. The first kappa shape index (κ1) is 13.9. The molecule has 2 rings (SSSR count). The van der Waals surface area contributed by atoms with Crippen LogP contribution in [0, 0.1) is 0 Å². The highest BCUT2D eigenvalue weighted by Crippen LogP contribution is 2.32. The molecule has 1 fully saturated rings. The molecule has 0 spiro atoms. The number of hydrogen-bond acceptors (Lipinski definition) is 2. The van der Waals surface area contributed by atoms with Gasteiger partial charge in [0.15, 0.2) is 0 Å². The highest BCUT2D eigenvalue weighted by Gasteiger charge is 2.18. The SMILES string of the molecule is CC(C)(C)c1ccc(O[C@H]2CCCNC2)c(Br)c1. The first-order valence-corrected chi connectivity index (χ1v) is 7.43. The van der Waals surface area contributed by atoms with E-state index in [2.05, 4.69) is 60.2 Å². The van der Waals surface area contributed by atoms with Gasteiger partial charge in [-0.15, -0.1) is 0 Å². The van der Waals surface area contributed by atoms with E-state index in [0.29, 0.717) is 6.10 Å². The van der Waals surface area contributed by atoms with Crippen LogP contribution in [0.4, 0.5) is 0 Å². The first-order chi connectivity index (χ1) is 8.47. The van der Waals surface area contributed by atoms with Crippen molar-refractivity contribution in [2.24, 2.45) is 0 Å². The molecular formula is C15H22BrNO.